The van der Waals surface area contributed by atoms with Crippen LogP contribution >= 0.6 is 11.8 Å². The van der Waals surface area contributed by atoms with Crippen LogP contribution in [-0.2, 0) is 14.8 Å². The lowest BCUT2D eigenvalue weighted by Gasteiger charge is -2.31. The molecule has 1 fully saturated rings. The SMILES string of the molecule is Cc1ccc(S(=O)(=O)N2CCC[C@H](C(=O)NCCSc3n[nH]c(-c4ccccc4)n3)C2)cc1. The number of thioether (sulfide) groups is 1. The summed E-state index contributed by atoms with van der Waals surface area (Å²) in [6.07, 6.45) is 1.34. The third kappa shape index (κ3) is 5.82. The van der Waals surface area contributed by atoms with Gasteiger partial charge in [-0.15, -0.1) is 5.10 Å². The number of amides is 1. The molecule has 2 N–H and O–H groups in total. The largest absolute Gasteiger partial charge is 0.355 e. The Kier molecular flexibility index (Phi) is 7.46. The highest BCUT2D eigenvalue weighted by molar-refractivity contribution is 7.99. The second-order valence-corrected chi connectivity index (χ2v) is 11.0. The fourth-order valence-corrected chi connectivity index (χ4v) is 5.91. The Morgan fingerprint density at radius 3 is 2.70 bits per heavy atom. The average molecular weight is 486 g/mol. The average Bonchev–Trinajstić information content (AvgIpc) is 3.32. The molecule has 3 aromatic rings. The number of nitrogens with zero attached hydrogens (tertiary/aromatic N) is 3. The number of sulfonamides is 1. The molecule has 0 radical (unpaired) electrons. The van der Waals surface area contributed by atoms with E-state index in [4.69, 9.17) is 0 Å². The molecule has 0 bridgehead atoms. The van der Waals surface area contributed by atoms with Crippen molar-refractivity contribution in [2.75, 3.05) is 25.4 Å². The molecule has 2 aromatic carbocycles. The van der Waals surface area contributed by atoms with Crippen LogP contribution in [0.15, 0.2) is 64.6 Å². The number of aromatic amines is 1. The molecule has 10 heteroatoms. The van der Waals surface area contributed by atoms with Gasteiger partial charge in [-0.3, -0.25) is 9.89 Å². The smallest absolute Gasteiger partial charge is 0.243 e. The van der Waals surface area contributed by atoms with Crippen LogP contribution in [0.2, 0.25) is 0 Å². The van der Waals surface area contributed by atoms with Crippen molar-refractivity contribution in [3.05, 3.63) is 60.2 Å². The van der Waals surface area contributed by atoms with Gasteiger partial charge >= 0.3 is 0 Å². The molecule has 0 aliphatic carbocycles. The van der Waals surface area contributed by atoms with E-state index in [0.717, 1.165) is 11.1 Å². The molecule has 174 valence electrons. The number of piperidine rings is 1. The second kappa shape index (κ2) is 10.5. The summed E-state index contributed by atoms with van der Waals surface area (Å²) in [4.78, 5) is 17.4. The van der Waals surface area contributed by atoms with E-state index in [-0.39, 0.29) is 23.3 Å². The minimum atomic E-state index is -3.60. The summed E-state index contributed by atoms with van der Waals surface area (Å²) in [7, 11) is -3.60. The fourth-order valence-electron chi connectivity index (χ4n) is 3.73. The third-order valence-corrected chi connectivity index (χ3v) is 8.29. The molecular weight excluding hydrogens is 458 g/mol. The Hall–Kier alpha value is -2.69. The molecule has 1 aromatic heterocycles. The first-order chi connectivity index (χ1) is 15.9. The molecule has 1 atom stereocenters. The highest BCUT2D eigenvalue weighted by Crippen LogP contribution is 2.24. The van der Waals surface area contributed by atoms with Crippen LogP contribution in [-0.4, -0.2) is 59.2 Å². The standard InChI is InChI=1S/C23H27N5O3S2/c1-17-9-11-20(12-10-17)33(30,31)28-14-5-8-19(16-28)22(29)24-13-15-32-23-25-21(26-27-23)18-6-3-2-4-7-18/h2-4,6-7,9-12,19H,5,8,13-16H2,1H3,(H,24,29)(H,25,26,27)/t19-/m0/s1. The zero-order chi connectivity index (χ0) is 23.3. The van der Waals surface area contributed by atoms with Crippen LogP contribution in [0.4, 0.5) is 0 Å². The van der Waals surface area contributed by atoms with Crippen LogP contribution in [0.1, 0.15) is 18.4 Å². The van der Waals surface area contributed by atoms with Gasteiger partial charge in [-0.25, -0.2) is 13.4 Å². The van der Waals surface area contributed by atoms with E-state index >= 15 is 0 Å². The van der Waals surface area contributed by atoms with Gasteiger partial charge in [0.2, 0.25) is 21.1 Å². The summed E-state index contributed by atoms with van der Waals surface area (Å²) in [5, 5.41) is 10.7. The van der Waals surface area contributed by atoms with Crippen LogP contribution < -0.4 is 5.32 Å². The Morgan fingerprint density at radius 1 is 1.18 bits per heavy atom. The third-order valence-electron chi connectivity index (χ3n) is 5.56. The zero-order valence-electron chi connectivity index (χ0n) is 18.4. The predicted octanol–water partition coefficient (Wildman–Crippen LogP) is 3.09. The number of H-pyrrole nitrogens is 1. The van der Waals surface area contributed by atoms with Crippen molar-refractivity contribution in [3.63, 3.8) is 0 Å². The maximum absolute atomic E-state index is 13.0. The number of nitrogens with one attached hydrogen (secondary N) is 2. The van der Waals surface area contributed by atoms with Gasteiger partial charge in [0.1, 0.15) is 0 Å². The van der Waals surface area contributed by atoms with E-state index in [9.17, 15) is 13.2 Å². The summed E-state index contributed by atoms with van der Waals surface area (Å²) in [6, 6.07) is 16.6. The van der Waals surface area contributed by atoms with Gasteiger partial charge in [-0.2, -0.15) is 4.31 Å². The maximum atomic E-state index is 13.0. The molecule has 1 amide bonds. The fraction of sp³-hybridized carbons (Fsp3) is 0.348. The highest BCUT2D eigenvalue weighted by Gasteiger charge is 2.33. The lowest BCUT2D eigenvalue weighted by atomic mass is 9.99. The van der Waals surface area contributed by atoms with Crippen LogP contribution in [0.25, 0.3) is 11.4 Å². The lowest BCUT2D eigenvalue weighted by Crippen LogP contribution is -2.45. The predicted molar refractivity (Wildman–Crippen MR) is 128 cm³/mol. The van der Waals surface area contributed by atoms with E-state index in [1.807, 2.05) is 37.3 Å². The van der Waals surface area contributed by atoms with E-state index in [2.05, 4.69) is 20.5 Å². The van der Waals surface area contributed by atoms with E-state index < -0.39 is 10.0 Å². The van der Waals surface area contributed by atoms with Crippen molar-refractivity contribution < 1.29 is 13.2 Å². The van der Waals surface area contributed by atoms with Crippen LogP contribution in [0.3, 0.4) is 0 Å². The topological polar surface area (TPSA) is 108 Å². The van der Waals surface area contributed by atoms with E-state index in [0.29, 0.717) is 42.7 Å². The summed E-state index contributed by atoms with van der Waals surface area (Å²) < 4.78 is 27.4. The van der Waals surface area contributed by atoms with Crippen molar-refractivity contribution in [3.8, 4) is 11.4 Å². The van der Waals surface area contributed by atoms with Gasteiger partial charge < -0.3 is 5.32 Å². The Labute approximate surface area is 198 Å². The number of hydrogen-bond acceptors (Lipinski definition) is 6. The van der Waals surface area contributed by atoms with Gasteiger partial charge in [0, 0.05) is 31.0 Å². The number of benzene rings is 2. The number of hydrogen-bond donors (Lipinski definition) is 2. The summed E-state index contributed by atoms with van der Waals surface area (Å²) in [6.45, 7) is 3.02. The second-order valence-electron chi connectivity index (χ2n) is 7.99. The zero-order valence-corrected chi connectivity index (χ0v) is 20.0. The minimum absolute atomic E-state index is 0.112. The van der Waals surface area contributed by atoms with Crippen molar-refractivity contribution in [1.82, 2.24) is 24.8 Å². The van der Waals surface area contributed by atoms with Crippen molar-refractivity contribution in [2.24, 2.45) is 5.92 Å². The molecule has 33 heavy (non-hydrogen) atoms. The van der Waals surface area contributed by atoms with Crippen molar-refractivity contribution in [1.29, 1.82) is 0 Å². The number of aromatic nitrogens is 3. The lowest BCUT2D eigenvalue weighted by molar-refractivity contribution is -0.125. The summed E-state index contributed by atoms with van der Waals surface area (Å²) in [5.74, 6) is 0.867. The molecule has 1 aliphatic heterocycles. The molecule has 0 spiro atoms. The Balaban J connectivity index is 1.26. The van der Waals surface area contributed by atoms with Crippen molar-refractivity contribution in [2.45, 2.75) is 29.8 Å². The molecule has 2 heterocycles. The van der Waals surface area contributed by atoms with E-state index in [1.165, 1.54) is 16.1 Å². The number of aryl methyl sites for hydroxylation is 1. The quantitative estimate of drug-likeness (QED) is 0.375. The number of carbonyl (C=O) groups is 1. The molecule has 1 saturated heterocycles. The highest BCUT2D eigenvalue weighted by atomic mass is 32.2. The van der Waals surface area contributed by atoms with Crippen molar-refractivity contribution >= 4 is 27.7 Å². The molecule has 4 rings (SSSR count). The summed E-state index contributed by atoms with van der Waals surface area (Å²) >= 11 is 1.45. The van der Waals surface area contributed by atoms with Gasteiger partial charge in [0.05, 0.1) is 10.8 Å². The monoisotopic (exact) mass is 485 g/mol. The van der Waals surface area contributed by atoms with Gasteiger partial charge in [-0.05, 0) is 31.9 Å². The molecule has 1 aliphatic rings. The van der Waals surface area contributed by atoms with Crippen LogP contribution in [0, 0.1) is 12.8 Å². The normalized spacial score (nSPS) is 17.1. The molecule has 0 saturated carbocycles. The first kappa shape index (κ1) is 23.5. The number of rotatable bonds is 8. The van der Waals surface area contributed by atoms with Crippen LogP contribution in [0.5, 0.6) is 0 Å². The maximum Gasteiger partial charge on any atom is 0.243 e. The van der Waals surface area contributed by atoms with Gasteiger partial charge in [-0.1, -0.05) is 59.8 Å². The molecule has 8 nitrogen and oxygen atoms in total. The van der Waals surface area contributed by atoms with E-state index in [1.54, 1.807) is 24.3 Å². The Bertz CT molecular complexity index is 1180. The number of carbonyl (C=O) groups excluding carboxylic acids is 1. The first-order valence-corrected chi connectivity index (χ1v) is 13.3. The first-order valence-electron chi connectivity index (χ1n) is 10.9. The molecule has 0 unspecified atom stereocenters. The molecular formula is C23H27N5O3S2. The summed E-state index contributed by atoms with van der Waals surface area (Å²) in [5.41, 5.74) is 1.97. The Morgan fingerprint density at radius 2 is 1.94 bits per heavy atom. The van der Waals surface area contributed by atoms with Gasteiger partial charge in [0.25, 0.3) is 0 Å². The minimum Gasteiger partial charge on any atom is -0.355 e. The van der Waals surface area contributed by atoms with Gasteiger partial charge in [0.15, 0.2) is 5.82 Å².